The van der Waals surface area contributed by atoms with E-state index in [1.165, 1.54) is 44.2 Å². The van der Waals surface area contributed by atoms with E-state index in [0.29, 0.717) is 35.5 Å². The van der Waals surface area contributed by atoms with Crippen LogP contribution >= 0.6 is 0 Å². The highest BCUT2D eigenvalue weighted by Gasteiger charge is 2.27. The molecule has 0 aliphatic carbocycles. The lowest BCUT2D eigenvalue weighted by Crippen LogP contribution is -2.44. The Hall–Kier alpha value is -3.31. The molecule has 0 amide bonds. The minimum Gasteiger partial charge on any atom is -0.101 e. The van der Waals surface area contributed by atoms with Crippen LogP contribution in [0.5, 0.6) is 0 Å². The molecule has 1 aliphatic heterocycles. The van der Waals surface area contributed by atoms with Gasteiger partial charge in [0, 0.05) is 16.5 Å². The van der Waals surface area contributed by atoms with Gasteiger partial charge in [-0.05, 0) is 96.8 Å². The van der Waals surface area contributed by atoms with Crippen molar-refractivity contribution in [3.63, 3.8) is 0 Å². The van der Waals surface area contributed by atoms with Crippen LogP contribution in [0.1, 0.15) is 163 Å². The number of benzene rings is 4. The molecule has 0 fully saturated rings. The Kier molecular flexibility index (Phi) is 10.2. The van der Waals surface area contributed by atoms with Gasteiger partial charge in [-0.15, -0.1) is 11.1 Å². The minimum atomic E-state index is -1.48. The number of rotatable bonds is 8. The van der Waals surface area contributed by atoms with Crippen molar-refractivity contribution in [2.45, 2.75) is 119 Å². The van der Waals surface area contributed by atoms with Gasteiger partial charge in [-0.3, -0.25) is 0 Å². The first kappa shape index (κ1) is 34.0. The third-order valence-electron chi connectivity index (χ3n) is 9.56. The summed E-state index contributed by atoms with van der Waals surface area (Å²) in [5, 5.41) is 5.53. The van der Waals surface area contributed by atoms with Crippen LogP contribution in [-0.2, 0) is 0 Å². The van der Waals surface area contributed by atoms with E-state index in [0.717, 1.165) is 11.1 Å². The second-order valence-corrected chi connectivity index (χ2v) is 21.0. The molecule has 0 atom stereocenters. The Morgan fingerprint density at radius 1 is 0.435 bits per heavy atom. The molecule has 46 heavy (non-hydrogen) atoms. The highest BCUT2D eigenvalue weighted by molar-refractivity contribution is 7.15. The first-order valence-corrected chi connectivity index (χ1v) is 21.5. The van der Waals surface area contributed by atoms with Gasteiger partial charge in [0.2, 0.25) is 0 Å². The summed E-state index contributed by atoms with van der Waals surface area (Å²) in [4.78, 5) is 0. The molecule has 0 aromatic heterocycles. The smallest absolute Gasteiger partial charge is 0.101 e. The van der Waals surface area contributed by atoms with E-state index in [2.05, 4.69) is 167 Å². The third kappa shape index (κ3) is 6.58. The van der Waals surface area contributed by atoms with E-state index < -0.39 is 15.8 Å². The normalized spacial score (nSPS) is 14.6. The predicted molar refractivity (Wildman–Crippen MR) is 206 cm³/mol. The molecule has 0 saturated heterocycles. The molecular weight excluding hydrogens is 585 g/mol. The van der Waals surface area contributed by atoms with Gasteiger partial charge < -0.3 is 0 Å². The summed E-state index contributed by atoms with van der Waals surface area (Å²) in [5.74, 6) is 10.3. The average Bonchev–Trinajstić information content (AvgIpc) is 3.08. The van der Waals surface area contributed by atoms with Crippen LogP contribution in [0.3, 0.4) is 0 Å². The van der Waals surface area contributed by atoms with E-state index >= 15 is 0 Å². The number of hydrogen-bond acceptors (Lipinski definition) is 0. The second kappa shape index (κ2) is 13.8. The Morgan fingerprint density at radius 3 is 1.04 bits per heavy atom. The first-order valence-electron chi connectivity index (χ1n) is 17.5. The highest BCUT2D eigenvalue weighted by Crippen LogP contribution is 2.29. The minimum absolute atomic E-state index is 0.410. The quantitative estimate of drug-likeness (QED) is 0.133. The molecule has 4 aromatic carbocycles. The van der Waals surface area contributed by atoms with Crippen molar-refractivity contribution in [1.29, 1.82) is 0 Å². The van der Waals surface area contributed by atoms with Crippen molar-refractivity contribution >= 4 is 36.9 Å². The van der Waals surface area contributed by atoms with Crippen LogP contribution in [-0.4, -0.2) is 15.8 Å². The van der Waals surface area contributed by atoms with Gasteiger partial charge in [-0.1, -0.05) is 143 Å². The Balaban J connectivity index is 2.06. The molecule has 1 heterocycles. The average molecular weight is 637 g/mol. The topological polar surface area (TPSA) is 0 Å². The summed E-state index contributed by atoms with van der Waals surface area (Å²) in [7, 11) is -2.95. The maximum Gasteiger partial charge on any atom is 0.134 e. The van der Waals surface area contributed by atoms with Crippen LogP contribution < -0.4 is 10.4 Å². The molecular formula is C44H52Si2. The Bertz CT molecular complexity index is 1760. The van der Waals surface area contributed by atoms with Crippen molar-refractivity contribution < 1.29 is 0 Å². The lowest BCUT2D eigenvalue weighted by atomic mass is 9.89. The van der Waals surface area contributed by atoms with Crippen molar-refractivity contribution in [2.24, 2.45) is 0 Å². The summed E-state index contributed by atoms with van der Waals surface area (Å²) >= 11 is 0. The zero-order chi connectivity index (χ0) is 33.4. The zero-order valence-electron chi connectivity index (χ0n) is 30.2. The molecule has 0 spiro atoms. The van der Waals surface area contributed by atoms with Gasteiger partial charge in [-0.2, -0.15) is 0 Å². The van der Waals surface area contributed by atoms with E-state index in [1.54, 1.807) is 10.4 Å². The lowest BCUT2D eigenvalue weighted by Gasteiger charge is -2.26. The second-order valence-electron chi connectivity index (χ2n) is 15.0. The van der Waals surface area contributed by atoms with Gasteiger partial charge in [0.25, 0.3) is 0 Å². The van der Waals surface area contributed by atoms with Crippen molar-refractivity contribution in [1.82, 2.24) is 0 Å². The third-order valence-corrected chi connectivity index (χ3v) is 16.7. The van der Waals surface area contributed by atoms with Crippen LogP contribution in [0, 0.1) is 22.9 Å². The molecule has 0 unspecified atom stereocenters. The van der Waals surface area contributed by atoms with E-state index in [1.807, 2.05) is 0 Å². The predicted octanol–water partition coefficient (Wildman–Crippen LogP) is 10.3. The van der Waals surface area contributed by atoms with Crippen molar-refractivity contribution in [3.8, 4) is 22.9 Å². The molecule has 236 valence electrons. The van der Waals surface area contributed by atoms with Gasteiger partial charge in [0.05, 0.1) is 0 Å². The van der Waals surface area contributed by atoms with E-state index in [9.17, 15) is 0 Å². The maximum absolute atomic E-state index is 4.13. The van der Waals surface area contributed by atoms with E-state index in [4.69, 9.17) is 0 Å². The van der Waals surface area contributed by atoms with Crippen molar-refractivity contribution in [2.75, 3.05) is 0 Å². The van der Waals surface area contributed by atoms with Crippen molar-refractivity contribution in [3.05, 3.63) is 105 Å². The molecule has 0 radical (unpaired) electrons. The summed E-state index contributed by atoms with van der Waals surface area (Å²) < 4.78 is 0. The van der Waals surface area contributed by atoms with Crippen LogP contribution in [0.15, 0.2) is 60.7 Å². The molecule has 0 saturated carbocycles. The van der Waals surface area contributed by atoms with Gasteiger partial charge >= 0.3 is 0 Å². The van der Waals surface area contributed by atoms with Gasteiger partial charge in [0.1, 0.15) is 15.8 Å². The molecule has 2 heteroatoms. The summed E-state index contributed by atoms with van der Waals surface area (Å²) in [6.45, 7) is 28.3. The van der Waals surface area contributed by atoms with E-state index in [-0.39, 0.29) is 0 Å². The molecule has 0 N–H and O–H groups in total. The SMILES string of the molecule is CC(C)c1cc(C(C)C)c(/[Si]2=[Si](\c3c(C(C)C)cc(C(C)C)cc3C(C)C)C#Cc3cccc4cccc(c34)C#C2)c(C(C)C)c1. The Morgan fingerprint density at radius 2 is 0.761 bits per heavy atom. The fourth-order valence-corrected chi connectivity index (χ4v) is 15.3. The monoisotopic (exact) mass is 636 g/mol. The fraction of sp³-hybridized carbons (Fsp3) is 0.409. The van der Waals surface area contributed by atoms with Crippen LogP contribution in [0.2, 0.25) is 0 Å². The lowest BCUT2D eigenvalue weighted by molar-refractivity contribution is 0.812. The van der Waals surface area contributed by atoms with Gasteiger partial charge in [0.15, 0.2) is 0 Å². The molecule has 1 aliphatic rings. The molecule has 4 aromatic rings. The first-order chi connectivity index (χ1) is 21.8. The summed E-state index contributed by atoms with van der Waals surface area (Å²) in [5.41, 5.74) is 19.4. The largest absolute Gasteiger partial charge is 0.134 e. The molecule has 0 bridgehead atoms. The fourth-order valence-electron chi connectivity index (χ4n) is 6.80. The van der Waals surface area contributed by atoms with Gasteiger partial charge in [-0.25, -0.2) is 0 Å². The summed E-state index contributed by atoms with van der Waals surface area (Å²) in [6.07, 6.45) is 0. The molecule has 5 rings (SSSR count). The van der Waals surface area contributed by atoms with Crippen LogP contribution in [0.25, 0.3) is 10.8 Å². The number of hydrogen-bond donors (Lipinski definition) is 0. The highest BCUT2D eigenvalue weighted by atomic mass is 28.9. The standard InChI is InChI=1S/C44H52Si2/c1-27(2)36-23-38(29(5)6)43(39(24-36)30(7)8)45-21-19-34-17-13-15-33-16-14-18-35(42(33)34)20-22-46(45)44-40(31(9)10)25-37(28(3)4)26-41(44)32(11)12/h13-18,23-32H,1-12H3/b46-45-. The maximum atomic E-state index is 4.13. The summed E-state index contributed by atoms with van der Waals surface area (Å²) in [6, 6.07) is 23.3. The zero-order valence-corrected chi connectivity index (χ0v) is 32.2. The Labute approximate surface area is 282 Å². The molecule has 0 nitrogen and oxygen atoms in total. The van der Waals surface area contributed by atoms with Crippen LogP contribution in [0.4, 0.5) is 0 Å².